The maximum Gasteiger partial charge on any atom is 0.211 e. The van der Waals surface area contributed by atoms with Gasteiger partial charge in [0.1, 0.15) is 5.52 Å². The molecule has 3 rings (SSSR count). The number of fused-ring (bicyclic) bond motifs is 1. The lowest BCUT2D eigenvalue weighted by Gasteiger charge is -2.07. The van der Waals surface area contributed by atoms with E-state index in [1.807, 2.05) is 42.5 Å². The van der Waals surface area contributed by atoms with Crippen molar-refractivity contribution in [2.45, 2.75) is 19.4 Å². The number of sulfonamides is 1. The Morgan fingerprint density at radius 2 is 1.87 bits per heavy atom. The van der Waals surface area contributed by atoms with Crippen molar-refractivity contribution in [2.24, 2.45) is 0 Å². The fourth-order valence-electron chi connectivity index (χ4n) is 2.39. The molecule has 1 N–H and O–H groups in total. The molecule has 1 heterocycles. The zero-order chi connectivity index (χ0) is 16.1. The van der Waals surface area contributed by atoms with Gasteiger partial charge in [0.15, 0.2) is 12.0 Å². The first-order valence-corrected chi connectivity index (χ1v) is 9.11. The van der Waals surface area contributed by atoms with Crippen molar-refractivity contribution in [1.82, 2.24) is 9.71 Å². The molecule has 0 spiro atoms. The van der Waals surface area contributed by atoms with Gasteiger partial charge in [0.2, 0.25) is 10.0 Å². The van der Waals surface area contributed by atoms with Gasteiger partial charge in [0.25, 0.3) is 0 Å². The van der Waals surface area contributed by atoms with E-state index in [1.54, 1.807) is 6.07 Å². The summed E-state index contributed by atoms with van der Waals surface area (Å²) in [4.78, 5) is 4.03. The zero-order valence-electron chi connectivity index (χ0n) is 12.6. The SMILES string of the molecule is O=S(=O)(CCCc1ccccc1)NCc1ccc2ncoc2c1. The summed E-state index contributed by atoms with van der Waals surface area (Å²) in [6.07, 6.45) is 2.73. The average molecular weight is 330 g/mol. The third-order valence-corrected chi connectivity index (χ3v) is 5.02. The first-order valence-electron chi connectivity index (χ1n) is 7.46. The van der Waals surface area contributed by atoms with Gasteiger partial charge in [-0.25, -0.2) is 18.1 Å². The highest BCUT2D eigenvalue weighted by Crippen LogP contribution is 2.14. The first kappa shape index (κ1) is 15.7. The van der Waals surface area contributed by atoms with Gasteiger partial charge in [-0.05, 0) is 36.1 Å². The van der Waals surface area contributed by atoms with E-state index in [1.165, 1.54) is 6.39 Å². The van der Waals surface area contributed by atoms with Gasteiger partial charge in [0, 0.05) is 6.54 Å². The smallest absolute Gasteiger partial charge is 0.211 e. The second-order valence-electron chi connectivity index (χ2n) is 5.38. The second kappa shape index (κ2) is 6.93. The molecule has 1 aromatic heterocycles. The van der Waals surface area contributed by atoms with Crippen LogP contribution in [0.4, 0.5) is 0 Å². The normalized spacial score (nSPS) is 11.8. The van der Waals surface area contributed by atoms with Crippen LogP contribution in [0.5, 0.6) is 0 Å². The molecule has 0 amide bonds. The number of nitrogens with one attached hydrogen (secondary N) is 1. The molecular formula is C17H18N2O3S. The number of aromatic nitrogens is 1. The van der Waals surface area contributed by atoms with Crippen molar-refractivity contribution >= 4 is 21.1 Å². The van der Waals surface area contributed by atoms with Crippen LogP contribution in [-0.4, -0.2) is 19.2 Å². The topological polar surface area (TPSA) is 72.2 Å². The van der Waals surface area contributed by atoms with Crippen LogP contribution < -0.4 is 4.72 Å². The molecule has 0 fully saturated rings. The molecule has 5 nitrogen and oxygen atoms in total. The Labute approximate surface area is 135 Å². The third-order valence-electron chi connectivity index (χ3n) is 3.61. The highest BCUT2D eigenvalue weighted by Gasteiger charge is 2.10. The molecule has 0 atom stereocenters. The standard InChI is InChI=1S/C17H18N2O3S/c20-23(21,10-4-7-14-5-2-1-3-6-14)19-12-15-8-9-16-17(11-15)22-13-18-16/h1-3,5-6,8-9,11,13,19H,4,7,10,12H2. The van der Waals surface area contributed by atoms with Crippen molar-refractivity contribution in [1.29, 1.82) is 0 Å². The minimum atomic E-state index is -3.29. The van der Waals surface area contributed by atoms with Gasteiger partial charge in [-0.15, -0.1) is 0 Å². The lowest BCUT2D eigenvalue weighted by molar-refractivity contribution is 0.578. The molecule has 0 radical (unpaired) electrons. The number of hydrogen-bond donors (Lipinski definition) is 1. The predicted molar refractivity (Wildman–Crippen MR) is 89.4 cm³/mol. The maximum atomic E-state index is 12.1. The zero-order valence-corrected chi connectivity index (χ0v) is 13.4. The molecule has 2 aromatic carbocycles. The quantitative estimate of drug-likeness (QED) is 0.723. The Kier molecular flexibility index (Phi) is 4.73. The van der Waals surface area contributed by atoms with Gasteiger partial charge < -0.3 is 4.42 Å². The second-order valence-corrected chi connectivity index (χ2v) is 7.31. The summed E-state index contributed by atoms with van der Waals surface area (Å²) in [5.41, 5.74) is 3.42. The Morgan fingerprint density at radius 1 is 1.04 bits per heavy atom. The highest BCUT2D eigenvalue weighted by molar-refractivity contribution is 7.89. The van der Waals surface area contributed by atoms with Crippen molar-refractivity contribution in [2.75, 3.05) is 5.75 Å². The van der Waals surface area contributed by atoms with E-state index in [0.717, 1.165) is 23.1 Å². The molecule has 0 saturated heterocycles. The summed E-state index contributed by atoms with van der Waals surface area (Å²) in [5, 5.41) is 0. The van der Waals surface area contributed by atoms with Gasteiger partial charge >= 0.3 is 0 Å². The van der Waals surface area contributed by atoms with E-state index >= 15 is 0 Å². The largest absolute Gasteiger partial charge is 0.443 e. The third kappa shape index (κ3) is 4.40. The molecule has 23 heavy (non-hydrogen) atoms. The number of oxazole rings is 1. The van der Waals surface area contributed by atoms with E-state index in [2.05, 4.69) is 9.71 Å². The van der Waals surface area contributed by atoms with Crippen LogP contribution in [0.3, 0.4) is 0 Å². The Bertz CT molecular complexity index is 873. The van der Waals surface area contributed by atoms with Gasteiger partial charge in [-0.2, -0.15) is 0 Å². The number of benzene rings is 2. The van der Waals surface area contributed by atoms with Crippen LogP contribution in [0, 0.1) is 0 Å². The summed E-state index contributed by atoms with van der Waals surface area (Å²) < 4.78 is 32.0. The lowest BCUT2D eigenvalue weighted by atomic mass is 10.1. The van der Waals surface area contributed by atoms with E-state index in [0.29, 0.717) is 12.0 Å². The van der Waals surface area contributed by atoms with E-state index in [9.17, 15) is 8.42 Å². The molecule has 6 heteroatoms. The molecule has 0 unspecified atom stereocenters. The molecular weight excluding hydrogens is 312 g/mol. The average Bonchev–Trinajstić information content (AvgIpc) is 3.01. The number of aryl methyl sites for hydroxylation is 1. The molecule has 0 aliphatic carbocycles. The van der Waals surface area contributed by atoms with Crippen molar-refractivity contribution in [3.63, 3.8) is 0 Å². The van der Waals surface area contributed by atoms with Crippen molar-refractivity contribution in [3.8, 4) is 0 Å². The minimum absolute atomic E-state index is 0.118. The predicted octanol–water partition coefficient (Wildman–Crippen LogP) is 2.88. The summed E-state index contributed by atoms with van der Waals surface area (Å²) in [5.74, 6) is 0.118. The minimum Gasteiger partial charge on any atom is -0.443 e. The van der Waals surface area contributed by atoms with Crippen molar-refractivity contribution < 1.29 is 12.8 Å². The van der Waals surface area contributed by atoms with E-state index in [-0.39, 0.29) is 12.3 Å². The lowest BCUT2D eigenvalue weighted by Crippen LogP contribution is -2.26. The van der Waals surface area contributed by atoms with E-state index in [4.69, 9.17) is 4.42 Å². The van der Waals surface area contributed by atoms with Gasteiger partial charge in [0.05, 0.1) is 5.75 Å². The van der Waals surface area contributed by atoms with Crippen LogP contribution in [0.2, 0.25) is 0 Å². The van der Waals surface area contributed by atoms with E-state index < -0.39 is 10.0 Å². The van der Waals surface area contributed by atoms with Crippen LogP contribution in [0.1, 0.15) is 17.5 Å². The van der Waals surface area contributed by atoms with Crippen LogP contribution in [0.25, 0.3) is 11.1 Å². The highest BCUT2D eigenvalue weighted by atomic mass is 32.2. The van der Waals surface area contributed by atoms with Crippen LogP contribution >= 0.6 is 0 Å². The Hall–Kier alpha value is -2.18. The number of hydrogen-bond acceptors (Lipinski definition) is 4. The summed E-state index contributed by atoms with van der Waals surface area (Å²) in [6, 6.07) is 15.3. The Balaban J connectivity index is 1.51. The van der Waals surface area contributed by atoms with Crippen molar-refractivity contribution in [3.05, 3.63) is 66.1 Å². The van der Waals surface area contributed by atoms with Crippen LogP contribution in [-0.2, 0) is 23.0 Å². The molecule has 120 valence electrons. The van der Waals surface area contributed by atoms with Gasteiger partial charge in [-0.1, -0.05) is 36.4 Å². The molecule has 0 saturated carbocycles. The fraction of sp³-hybridized carbons (Fsp3) is 0.235. The molecule has 0 bridgehead atoms. The first-order chi connectivity index (χ1) is 11.1. The fourth-order valence-corrected chi connectivity index (χ4v) is 3.44. The maximum absolute atomic E-state index is 12.1. The Morgan fingerprint density at radius 3 is 2.70 bits per heavy atom. The molecule has 0 aliphatic heterocycles. The number of rotatable bonds is 7. The summed E-state index contributed by atoms with van der Waals surface area (Å²) >= 11 is 0. The molecule has 0 aliphatic rings. The summed E-state index contributed by atoms with van der Waals surface area (Å²) in [6.45, 7) is 0.254. The summed E-state index contributed by atoms with van der Waals surface area (Å²) in [7, 11) is -3.29. The van der Waals surface area contributed by atoms with Crippen LogP contribution in [0.15, 0.2) is 59.3 Å². The van der Waals surface area contributed by atoms with Gasteiger partial charge in [-0.3, -0.25) is 0 Å². The number of nitrogens with zero attached hydrogens (tertiary/aromatic N) is 1. The molecule has 3 aromatic rings. The monoisotopic (exact) mass is 330 g/mol.